The van der Waals surface area contributed by atoms with Crippen molar-refractivity contribution in [1.29, 1.82) is 0 Å². The Hall–Kier alpha value is -2.69. The van der Waals surface area contributed by atoms with E-state index in [1.807, 2.05) is 36.4 Å². The molecule has 1 heterocycles. The van der Waals surface area contributed by atoms with E-state index in [2.05, 4.69) is 41.6 Å². The van der Waals surface area contributed by atoms with Crippen LogP contribution in [0.2, 0.25) is 0 Å². The van der Waals surface area contributed by atoms with E-state index in [-0.39, 0.29) is 12.1 Å². The van der Waals surface area contributed by atoms with Crippen LogP contribution in [0.3, 0.4) is 0 Å². The van der Waals surface area contributed by atoms with Crippen molar-refractivity contribution < 1.29 is 9.47 Å². The Labute approximate surface area is 155 Å². The highest BCUT2D eigenvalue weighted by Gasteiger charge is 2.22. The van der Waals surface area contributed by atoms with E-state index in [1.165, 1.54) is 5.56 Å². The Bertz CT molecular complexity index is 760. The molecule has 2 atom stereocenters. The first-order chi connectivity index (χ1) is 12.7. The predicted octanol–water partition coefficient (Wildman–Crippen LogP) is 3.45. The van der Waals surface area contributed by atoms with Crippen LogP contribution >= 0.6 is 0 Å². The van der Waals surface area contributed by atoms with Gasteiger partial charge in [0, 0.05) is 19.0 Å². The molecule has 0 bridgehead atoms. The summed E-state index contributed by atoms with van der Waals surface area (Å²) in [6.45, 7) is 5.48. The number of fused-ring (bicyclic) bond motifs is 1. The Morgan fingerprint density at radius 3 is 2.81 bits per heavy atom. The maximum Gasteiger partial charge on any atom is 0.191 e. The van der Waals surface area contributed by atoms with Crippen molar-refractivity contribution in [2.24, 2.45) is 4.99 Å². The lowest BCUT2D eigenvalue weighted by Crippen LogP contribution is -2.44. The Morgan fingerprint density at radius 1 is 1.23 bits per heavy atom. The first-order valence-corrected chi connectivity index (χ1v) is 9.08. The number of guanidine groups is 1. The Balaban J connectivity index is 1.55. The number of nitrogens with one attached hydrogen (secondary N) is 2. The quantitative estimate of drug-likeness (QED) is 0.639. The van der Waals surface area contributed by atoms with Crippen molar-refractivity contribution in [2.45, 2.75) is 32.4 Å². The highest BCUT2D eigenvalue weighted by molar-refractivity contribution is 5.80. The minimum atomic E-state index is 0.0247. The zero-order valence-corrected chi connectivity index (χ0v) is 15.7. The summed E-state index contributed by atoms with van der Waals surface area (Å²) in [5.74, 6) is 2.64. The third-order valence-corrected chi connectivity index (χ3v) is 4.47. The summed E-state index contributed by atoms with van der Waals surface area (Å²) in [4.78, 5) is 4.35. The van der Waals surface area contributed by atoms with Gasteiger partial charge < -0.3 is 20.1 Å². The molecule has 3 rings (SSSR count). The molecule has 0 fully saturated rings. The summed E-state index contributed by atoms with van der Waals surface area (Å²) < 4.78 is 11.7. The standard InChI is InChI=1S/C21H27N3O2/c1-15-8-4-6-10-19(15)26-16(2)14-23-21(22-3)24-18-12-13-25-20-11-7-5-9-17(18)20/h4-11,16,18H,12-14H2,1-3H3,(H2,22,23,24). The first-order valence-electron chi connectivity index (χ1n) is 9.08. The molecule has 0 aliphatic carbocycles. The molecule has 0 saturated heterocycles. The highest BCUT2D eigenvalue weighted by Crippen LogP contribution is 2.31. The topological polar surface area (TPSA) is 54.9 Å². The van der Waals surface area contributed by atoms with Crippen molar-refractivity contribution in [1.82, 2.24) is 10.6 Å². The number of ether oxygens (including phenoxy) is 2. The smallest absolute Gasteiger partial charge is 0.191 e. The normalized spacial score (nSPS) is 17.7. The van der Waals surface area contributed by atoms with Crippen molar-refractivity contribution in [3.05, 3.63) is 59.7 Å². The van der Waals surface area contributed by atoms with Gasteiger partial charge in [-0.2, -0.15) is 0 Å². The second-order valence-corrected chi connectivity index (χ2v) is 6.52. The molecular formula is C21H27N3O2. The number of aliphatic imine (C=N–C) groups is 1. The van der Waals surface area contributed by atoms with Crippen LogP contribution in [0.5, 0.6) is 11.5 Å². The fourth-order valence-corrected chi connectivity index (χ4v) is 3.04. The van der Waals surface area contributed by atoms with Crippen molar-refractivity contribution in [3.63, 3.8) is 0 Å². The molecule has 1 aliphatic heterocycles. The maximum atomic E-state index is 6.02. The van der Waals surface area contributed by atoms with Crippen molar-refractivity contribution >= 4 is 5.96 Å². The second kappa shape index (κ2) is 8.61. The fourth-order valence-electron chi connectivity index (χ4n) is 3.04. The molecule has 5 nitrogen and oxygen atoms in total. The summed E-state index contributed by atoms with van der Waals surface area (Å²) in [6.07, 6.45) is 0.934. The van der Waals surface area contributed by atoms with Gasteiger partial charge in [-0.05, 0) is 31.5 Å². The average molecular weight is 353 g/mol. The number of benzene rings is 2. The van der Waals surface area contributed by atoms with Gasteiger partial charge in [-0.15, -0.1) is 0 Å². The lowest BCUT2D eigenvalue weighted by atomic mass is 10.0. The summed E-state index contributed by atoms with van der Waals surface area (Å²) >= 11 is 0. The molecule has 0 radical (unpaired) electrons. The van der Waals surface area contributed by atoms with Gasteiger partial charge in [0.15, 0.2) is 5.96 Å². The van der Waals surface area contributed by atoms with E-state index in [0.29, 0.717) is 13.2 Å². The third kappa shape index (κ3) is 4.48. The Kier molecular flexibility index (Phi) is 6.00. The van der Waals surface area contributed by atoms with Crippen LogP contribution in [0.4, 0.5) is 0 Å². The van der Waals surface area contributed by atoms with Gasteiger partial charge in [0.25, 0.3) is 0 Å². The van der Waals surface area contributed by atoms with E-state index in [0.717, 1.165) is 29.4 Å². The van der Waals surface area contributed by atoms with Gasteiger partial charge >= 0.3 is 0 Å². The zero-order chi connectivity index (χ0) is 18.4. The molecule has 2 N–H and O–H groups in total. The van der Waals surface area contributed by atoms with E-state index < -0.39 is 0 Å². The minimum absolute atomic E-state index is 0.0247. The summed E-state index contributed by atoms with van der Waals surface area (Å²) in [5.41, 5.74) is 2.31. The molecule has 1 aliphatic rings. The zero-order valence-electron chi connectivity index (χ0n) is 15.7. The van der Waals surface area contributed by atoms with Crippen LogP contribution in [0, 0.1) is 6.92 Å². The van der Waals surface area contributed by atoms with Crippen LogP contribution in [-0.2, 0) is 0 Å². The van der Waals surface area contributed by atoms with Gasteiger partial charge in [-0.25, -0.2) is 0 Å². The van der Waals surface area contributed by atoms with Crippen molar-refractivity contribution in [3.8, 4) is 11.5 Å². The number of hydrogen-bond acceptors (Lipinski definition) is 3. The van der Waals surface area contributed by atoms with Gasteiger partial charge in [0.05, 0.1) is 19.2 Å². The van der Waals surface area contributed by atoms with Crippen LogP contribution in [0.15, 0.2) is 53.5 Å². The Morgan fingerprint density at radius 2 is 2.00 bits per heavy atom. The van der Waals surface area contributed by atoms with Crippen LogP contribution in [0.1, 0.15) is 30.5 Å². The summed E-state index contributed by atoms with van der Waals surface area (Å²) in [7, 11) is 1.79. The molecule has 0 amide bonds. The van der Waals surface area contributed by atoms with E-state index in [9.17, 15) is 0 Å². The van der Waals surface area contributed by atoms with Gasteiger partial charge in [-0.1, -0.05) is 36.4 Å². The fraction of sp³-hybridized carbons (Fsp3) is 0.381. The second-order valence-electron chi connectivity index (χ2n) is 6.52. The van der Waals surface area contributed by atoms with Crippen LogP contribution in [-0.4, -0.2) is 32.3 Å². The monoisotopic (exact) mass is 353 g/mol. The van der Waals surface area contributed by atoms with E-state index in [1.54, 1.807) is 7.05 Å². The third-order valence-electron chi connectivity index (χ3n) is 4.47. The van der Waals surface area contributed by atoms with Crippen LogP contribution in [0.25, 0.3) is 0 Å². The highest BCUT2D eigenvalue weighted by atomic mass is 16.5. The summed E-state index contributed by atoms with van der Waals surface area (Å²) in [5, 5.41) is 6.86. The average Bonchev–Trinajstić information content (AvgIpc) is 2.67. The lowest BCUT2D eigenvalue weighted by molar-refractivity contribution is 0.221. The number of nitrogens with zero attached hydrogens (tertiary/aromatic N) is 1. The molecule has 2 aromatic carbocycles. The largest absolute Gasteiger partial charge is 0.493 e. The molecule has 2 aromatic rings. The van der Waals surface area contributed by atoms with Gasteiger partial charge in [0.1, 0.15) is 17.6 Å². The molecule has 0 saturated carbocycles. The first kappa shape index (κ1) is 18.1. The summed E-state index contributed by atoms with van der Waals surface area (Å²) in [6, 6.07) is 16.4. The molecule has 2 unspecified atom stereocenters. The van der Waals surface area contributed by atoms with Gasteiger partial charge in [-0.3, -0.25) is 4.99 Å². The number of aryl methyl sites for hydroxylation is 1. The molecule has 0 aromatic heterocycles. The van der Waals surface area contributed by atoms with Crippen LogP contribution < -0.4 is 20.1 Å². The molecular weight excluding hydrogens is 326 g/mol. The number of para-hydroxylation sites is 2. The predicted molar refractivity (Wildman–Crippen MR) is 105 cm³/mol. The molecule has 0 spiro atoms. The van der Waals surface area contributed by atoms with E-state index in [4.69, 9.17) is 9.47 Å². The minimum Gasteiger partial charge on any atom is -0.493 e. The number of hydrogen-bond donors (Lipinski definition) is 2. The molecule has 5 heteroatoms. The molecule has 138 valence electrons. The number of rotatable bonds is 5. The lowest BCUT2D eigenvalue weighted by Gasteiger charge is -2.28. The molecule has 26 heavy (non-hydrogen) atoms. The SMILES string of the molecule is CN=C(NCC(C)Oc1ccccc1C)NC1CCOc2ccccc21. The maximum absolute atomic E-state index is 6.02. The van der Waals surface area contributed by atoms with Crippen molar-refractivity contribution in [2.75, 3.05) is 20.2 Å². The van der Waals surface area contributed by atoms with E-state index >= 15 is 0 Å². The van der Waals surface area contributed by atoms with Gasteiger partial charge in [0.2, 0.25) is 0 Å².